The lowest BCUT2D eigenvalue weighted by atomic mass is 10.1. The molecule has 1 aromatic carbocycles. The molecule has 24 heavy (non-hydrogen) atoms. The number of fused-ring (bicyclic) bond motifs is 1. The Morgan fingerprint density at radius 1 is 1.25 bits per heavy atom. The van der Waals surface area contributed by atoms with Crippen LogP contribution >= 0.6 is 0 Å². The SMILES string of the molecule is CC(=O)NC1C(C(=O)O)N2C(=O)C(Oc3ccccc3)[C@H]2S1(=O)=O. The lowest BCUT2D eigenvalue weighted by Crippen LogP contribution is -2.68. The summed E-state index contributed by atoms with van der Waals surface area (Å²) in [4.78, 5) is 35.7. The van der Waals surface area contributed by atoms with Crippen molar-refractivity contribution in [2.75, 3.05) is 0 Å². The predicted octanol–water partition coefficient (Wildman–Crippen LogP) is -1.05. The van der Waals surface area contributed by atoms with Gasteiger partial charge in [-0.25, -0.2) is 13.2 Å². The summed E-state index contributed by atoms with van der Waals surface area (Å²) in [5.41, 5.74) is 0. The normalized spacial score (nSPS) is 30.2. The summed E-state index contributed by atoms with van der Waals surface area (Å²) >= 11 is 0. The van der Waals surface area contributed by atoms with E-state index >= 15 is 0 Å². The number of benzene rings is 1. The zero-order chi connectivity index (χ0) is 17.6. The van der Waals surface area contributed by atoms with Gasteiger partial charge in [-0.2, -0.15) is 0 Å². The average Bonchev–Trinajstić information content (AvgIpc) is 2.71. The summed E-state index contributed by atoms with van der Waals surface area (Å²) in [6, 6.07) is 6.46. The quantitative estimate of drug-likeness (QED) is 0.660. The van der Waals surface area contributed by atoms with Gasteiger partial charge < -0.3 is 20.1 Å². The minimum absolute atomic E-state index is 0.292. The van der Waals surface area contributed by atoms with E-state index in [2.05, 4.69) is 5.32 Å². The fourth-order valence-electron chi connectivity index (χ4n) is 2.92. The van der Waals surface area contributed by atoms with E-state index < -0.39 is 50.5 Å². The molecule has 2 heterocycles. The molecule has 0 aromatic heterocycles. The molecule has 1 aromatic rings. The van der Waals surface area contributed by atoms with Crippen molar-refractivity contribution in [3.63, 3.8) is 0 Å². The molecule has 128 valence electrons. The van der Waals surface area contributed by atoms with E-state index in [0.29, 0.717) is 5.75 Å². The van der Waals surface area contributed by atoms with Crippen molar-refractivity contribution in [3.05, 3.63) is 30.3 Å². The van der Waals surface area contributed by atoms with Gasteiger partial charge in [0, 0.05) is 6.92 Å². The summed E-state index contributed by atoms with van der Waals surface area (Å²) in [6.45, 7) is 1.07. The van der Waals surface area contributed by atoms with E-state index in [1.54, 1.807) is 30.3 Å². The third kappa shape index (κ3) is 2.30. The second-order valence-electron chi connectivity index (χ2n) is 5.48. The van der Waals surface area contributed by atoms with Crippen molar-refractivity contribution in [3.8, 4) is 5.75 Å². The molecular weight excluding hydrogens is 340 g/mol. The minimum atomic E-state index is -4.15. The third-order valence-corrected chi connectivity index (χ3v) is 6.14. The molecule has 0 saturated carbocycles. The number of para-hydroxylation sites is 1. The van der Waals surface area contributed by atoms with Crippen molar-refractivity contribution >= 4 is 27.6 Å². The number of aliphatic carboxylic acids is 1. The number of rotatable bonds is 4. The van der Waals surface area contributed by atoms with Gasteiger partial charge in [0.1, 0.15) is 5.75 Å². The number of carbonyl (C=O) groups is 3. The first-order valence-electron chi connectivity index (χ1n) is 7.01. The molecule has 2 amide bonds. The Morgan fingerprint density at radius 3 is 2.42 bits per heavy atom. The zero-order valence-corrected chi connectivity index (χ0v) is 13.3. The Labute approximate surface area is 137 Å². The largest absolute Gasteiger partial charge is 0.480 e. The first-order chi connectivity index (χ1) is 11.2. The second-order valence-corrected chi connectivity index (χ2v) is 7.65. The topological polar surface area (TPSA) is 130 Å². The van der Waals surface area contributed by atoms with Crippen LogP contribution in [0.25, 0.3) is 0 Å². The van der Waals surface area contributed by atoms with Crippen LogP contribution in [-0.2, 0) is 24.2 Å². The Morgan fingerprint density at radius 2 is 1.88 bits per heavy atom. The Bertz CT molecular complexity index is 808. The van der Waals surface area contributed by atoms with Gasteiger partial charge in [-0.3, -0.25) is 9.59 Å². The molecule has 9 nitrogen and oxygen atoms in total. The minimum Gasteiger partial charge on any atom is -0.480 e. The molecule has 2 N–H and O–H groups in total. The fraction of sp³-hybridized carbons (Fsp3) is 0.357. The second kappa shape index (κ2) is 5.48. The number of ether oxygens (including phenoxy) is 1. The van der Waals surface area contributed by atoms with E-state index in [1.807, 2.05) is 0 Å². The maximum atomic E-state index is 12.6. The third-order valence-electron chi connectivity index (χ3n) is 3.91. The number of nitrogens with zero attached hydrogens (tertiary/aromatic N) is 1. The molecule has 2 fully saturated rings. The number of hydrogen-bond donors (Lipinski definition) is 2. The smallest absolute Gasteiger partial charge is 0.329 e. The molecule has 10 heteroatoms. The summed E-state index contributed by atoms with van der Waals surface area (Å²) in [5, 5.41) is 8.26. The van der Waals surface area contributed by atoms with Crippen molar-refractivity contribution in [2.45, 2.75) is 29.8 Å². The highest BCUT2D eigenvalue weighted by molar-refractivity contribution is 7.93. The Kier molecular flexibility index (Phi) is 3.71. The monoisotopic (exact) mass is 354 g/mol. The molecule has 3 unspecified atom stereocenters. The van der Waals surface area contributed by atoms with Crippen LogP contribution in [0, 0.1) is 0 Å². The maximum Gasteiger partial charge on any atom is 0.329 e. The van der Waals surface area contributed by atoms with Crippen molar-refractivity contribution < 1.29 is 32.6 Å². The molecule has 2 saturated heterocycles. The standard InChI is InChI=1S/C14H14N2O7S/c1-7(17)15-11-9(14(19)20)16-12(18)10(13(16)24(11,21)22)23-8-5-3-2-4-6-8/h2-6,9-11,13H,1H3,(H,15,17)(H,19,20)/t9?,10?,11?,13-/m1/s1. The molecule has 3 rings (SSSR count). The van der Waals surface area contributed by atoms with Crippen LogP contribution in [0.1, 0.15) is 6.92 Å². The number of amides is 2. The van der Waals surface area contributed by atoms with E-state index in [1.165, 1.54) is 0 Å². The molecule has 0 spiro atoms. The molecule has 4 atom stereocenters. The van der Waals surface area contributed by atoms with Crippen LogP contribution in [-0.4, -0.2) is 59.1 Å². The molecular formula is C14H14N2O7S. The number of carboxylic acids is 1. The molecule has 0 bridgehead atoms. The summed E-state index contributed by atoms with van der Waals surface area (Å²) < 4.78 is 30.6. The number of sulfone groups is 1. The van der Waals surface area contributed by atoms with E-state index in [9.17, 15) is 27.9 Å². The van der Waals surface area contributed by atoms with Crippen LogP contribution in [0.2, 0.25) is 0 Å². The van der Waals surface area contributed by atoms with Gasteiger partial charge in [-0.05, 0) is 12.1 Å². The van der Waals surface area contributed by atoms with Gasteiger partial charge >= 0.3 is 5.97 Å². The number of nitrogens with one attached hydrogen (secondary N) is 1. The molecule has 2 aliphatic rings. The predicted molar refractivity (Wildman–Crippen MR) is 79.4 cm³/mol. The summed E-state index contributed by atoms with van der Waals surface area (Å²) in [7, 11) is -4.15. The summed E-state index contributed by atoms with van der Waals surface area (Å²) in [6.07, 6.45) is -1.34. The van der Waals surface area contributed by atoms with Gasteiger partial charge in [0.2, 0.25) is 12.0 Å². The number of carbonyl (C=O) groups excluding carboxylic acids is 2. The van der Waals surface area contributed by atoms with Gasteiger partial charge in [-0.15, -0.1) is 0 Å². The lowest BCUT2D eigenvalue weighted by molar-refractivity contribution is -0.167. The van der Waals surface area contributed by atoms with Crippen LogP contribution in [0.15, 0.2) is 30.3 Å². The van der Waals surface area contributed by atoms with Gasteiger partial charge in [0.15, 0.2) is 26.6 Å². The first-order valence-corrected chi connectivity index (χ1v) is 8.62. The fourth-order valence-corrected chi connectivity index (χ4v) is 5.23. The van der Waals surface area contributed by atoms with E-state index in [-0.39, 0.29) is 0 Å². The maximum absolute atomic E-state index is 12.6. The molecule has 0 radical (unpaired) electrons. The van der Waals surface area contributed by atoms with Gasteiger partial charge in [0.05, 0.1) is 0 Å². The van der Waals surface area contributed by atoms with Gasteiger partial charge in [0.25, 0.3) is 5.91 Å². The Hall–Kier alpha value is -2.62. The number of carboxylic acid groups (broad SMARTS) is 1. The summed E-state index contributed by atoms with van der Waals surface area (Å²) in [5.74, 6) is -2.66. The van der Waals surface area contributed by atoms with E-state index in [0.717, 1.165) is 11.8 Å². The van der Waals surface area contributed by atoms with E-state index in [4.69, 9.17) is 4.74 Å². The highest BCUT2D eigenvalue weighted by Gasteiger charge is 2.70. The van der Waals surface area contributed by atoms with Crippen molar-refractivity contribution in [2.24, 2.45) is 0 Å². The highest BCUT2D eigenvalue weighted by Crippen LogP contribution is 2.40. The lowest BCUT2D eigenvalue weighted by Gasteiger charge is -2.41. The molecule has 2 aliphatic heterocycles. The van der Waals surface area contributed by atoms with Crippen LogP contribution in [0.4, 0.5) is 0 Å². The van der Waals surface area contributed by atoms with Crippen LogP contribution in [0.5, 0.6) is 5.75 Å². The Balaban J connectivity index is 1.94. The zero-order valence-electron chi connectivity index (χ0n) is 12.4. The van der Waals surface area contributed by atoms with Gasteiger partial charge in [-0.1, -0.05) is 18.2 Å². The number of β-lactam (4-membered cyclic amide) rings is 1. The highest BCUT2D eigenvalue weighted by atomic mass is 32.2. The van der Waals surface area contributed by atoms with Crippen molar-refractivity contribution in [1.82, 2.24) is 10.2 Å². The van der Waals surface area contributed by atoms with Crippen molar-refractivity contribution in [1.29, 1.82) is 0 Å². The average molecular weight is 354 g/mol. The van der Waals surface area contributed by atoms with Crippen LogP contribution in [0.3, 0.4) is 0 Å². The number of hydrogen-bond acceptors (Lipinski definition) is 6. The van der Waals surface area contributed by atoms with Crippen LogP contribution < -0.4 is 10.1 Å². The first kappa shape index (κ1) is 16.2. The molecule has 0 aliphatic carbocycles.